The first kappa shape index (κ1) is 10.4. The standard InChI is InChI=1S/C8H14O3/c1-2-7(10)6-8(11)4-3-5-9/h2-4,7-11H,1,5-6H2/b4-3-/t7-,8-/m1/s1. The summed E-state index contributed by atoms with van der Waals surface area (Å²) < 4.78 is 0. The van der Waals surface area contributed by atoms with Gasteiger partial charge < -0.3 is 15.3 Å². The van der Waals surface area contributed by atoms with Crippen molar-refractivity contribution in [1.82, 2.24) is 0 Å². The van der Waals surface area contributed by atoms with Crippen LogP contribution in [0.2, 0.25) is 0 Å². The van der Waals surface area contributed by atoms with Crippen molar-refractivity contribution >= 4 is 0 Å². The third-order valence-electron chi connectivity index (χ3n) is 1.22. The van der Waals surface area contributed by atoms with E-state index in [1.165, 1.54) is 18.2 Å². The largest absolute Gasteiger partial charge is 0.392 e. The second kappa shape index (κ2) is 6.09. The van der Waals surface area contributed by atoms with Gasteiger partial charge in [-0.05, 0) is 0 Å². The lowest BCUT2D eigenvalue weighted by Gasteiger charge is -2.07. The minimum atomic E-state index is -0.713. The molecule has 0 heterocycles. The Bertz CT molecular complexity index is 131. The molecule has 0 saturated heterocycles. The monoisotopic (exact) mass is 158 g/mol. The highest BCUT2D eigenvalue weighted by atomic mass is 16.3. The van der Waals surface area contributed by atoms with E-state index in [0.717, 1.165) is 0 Å². The van der Waals surface area contributed by atoms with Crippen molar-refractivity contribution in [1.29, 1.82) is 0 Å². The minimum absolute atomic E-state index is 0.0960. The van der Waals surface area contributed by atoms with E-state index in [2.05, 4.69) is 6.58 Å². The van der Waals surface area contributed by atoms with Crippen LogP contribution in [0.3, 0.4) is 0 Å². The van der Waals surface area contributed by atoms with Gasteiger partial charge in [-0.2, -0.15) is 0 Å². The molecule has 0 aliphatic heterocycles. The number of hydrogen-bond donors (Lipinski definition) is 3. The lowest BCUT2D eigenvalue weighted by Crippen LogP contribution is -2.13. The van der Waals surface area contributed by atoms with Crippen LogP contribution in [0.5, 0.6) is 0 Å². The van der Waals surface area contributed by atoms with Crippen LogP contribution in [0, 0.1) is 0 Å². The summed E-state index contributed by atoms with van der Waals surface area (Å²) in [6, 6.07) is 0. The van der Waals surface area contributed by atoms with Gasteiger partial charge in [-0.1, -0.05) is 18.2 Å². The zero-order valence-electron chi connectivity index (χ0n) is 6.35. The number of rotatable bonds is 5. The first-order valence-corrected chi connectivity index (χ1v) is 3.47. The normalized spacial score (nSPS) is 16.6. The summed E-state index contributed by atoms with van der Waals surface area (Å²) in [5.74, 6) is 0. The van der Waals surface area contributed by atoms with Gasteiger partial charge in [0.15, 0.2) is 0 Å². The molecule has 0 aromatic heterocycles. The van der Waals surface area contributed by atoms with Gasteiger partial charge in [0.1, 0.15) is 0 Å². The smallest absolute Gasteiger partial charge is 0.0749 e. The summed E-state index contributed by atoms with van der Waals surface area (Å²) in [5, 5.41) is 26.4. The average molecular weight is 158 g/mol. The van der Waals surface area contributed by atoms with Crippen LogP contribution in [0.25, 0.3) is 0 Å². The van der Waals surface area contributed by atoms with Crippen molar-refractivity contribution in [3.05, 3.63) is 24.8 Å². The molecule has 0 amide bonds. The van der Waals surface area contributed by atoms with Crippen molar-refractivity contribution in [2.75, 3.05) is 6.61 Å². The van der Waals surface area contributed by atoms with E-state index in [1.54, 1.807) is 0 Å². The molecule has 2 atom stereocenters. The van der Waals surface area contributed by atoms with E-state index in [9.17, 15) is 0 Å². The van der Waals surface area contributed by atoms with Crippen molar-refractivity contribution in [3.8, 4) is 0 Å². The van der Waals surface area contributed by atoms with Crippen LogP contribution in [0.1, 0.15) is 6.42 Å². The van der Waals surface area contributed by atoms with Gasteiger partial charge in [-0.25, -0.2) is 0 Å². The maximum absolute atomic E-state index is 9.08. The lowest BCUT2D eigenvalue weighted by molar-refractivity contribution is 0.133. The maximum Gasteiger partial charge on any atom is 0.0749 e. The van der Waals surface area contributed by atoms with E-state index in [1.807, 2.05) is 0 Å². The molecule has 3 heteroatoms. The molecule has 0 fully saturated rings. The highest BCUT2D eigenvalue weighted by Crippen LogP contribution is 1.99. The summed E-state index contributed by atoms with van der Waals surface area (Å²) in [7, 11) is 0. The molecule has 0 rings (SSSR count). The van der Waals surface area contributed by atoms with Gasteiger partial charge in [0.2, 0.25) is 0 Å². The zero-order valence-corrected chi connectivity index (χ0v) is 6.35. The predicted octanol–water partition coefficient (Wildman–Crippen LogP) is -0.167. The molecule has 11 heavy (non-hydrogen) atoms. The maximum atomic E-state index is 9.08. The second-order valence-corrected chi connectivity index (χ2v) is 2.22. The summed E-state index contributed by atoms with van der Waals surface area (Å²) in [6.07, 6.45) is 3.05. The SMILES string of the molecule is C=C[C@@H](O)C[C@H](O)/C=C\CO. The average Bonchev–Trinajstić information content (AvgIpc) is 2.00. The molecular weight excluding hydrogens is 144 g/mol. The number of aliphatic hydroxyl groups excluding tert-OH is 3. The summed E-state index contributed by atoms with van der Waals surface area (Å²) in [6.45, 7) is 3.26. The zero-order chi connectivity index (χ0) is 8.69. The van der Waals surface area contributed by atoms with E-state index in [0.29, 0.717) is 0 Å². The van der Waals surface area contributed by atoms with E-state index >= 15 is 0 Å². The Morgan fingerprint density at radius 1 is 1.27 bits per heavy atom. The number of aliphatic hydroxyl groups is 3. The molecule has 3 nitrogen and oxygen atoms in total. The minimum Gasteiger partial charge on any atom is -0.392 e. The molecule has 0 bridgehead atoms. The molecular formula is C8H14O3. The van der Waals surface area contributed by atoms with E-state index in [-0.39, 0.29) is 13.0 Å². The Balaban J connectivity index is 3.58. The Kier molecular flexibility index (Phi) is 5.74. The van der Waals surface area contributed by atoms with E-state index in [4.69, 9.17) is 15.3 Å². The molecule has 0 unspecified atom stereocenters. The highest BCUT2D eigenvalue weighted by molar-refractivity contribution is 4.92. The molecule has 0 radical (unpaired) electrons. The van der Waals surface area contributed by atoms with Gasteiger partial charge in [0, 0.05) is 6.42 Å². The fourth-order valence-corrected chi connectivity index (χ4v) is 0.640. The van der Waals surface area contributed by atoms with Crippen LogP contribution in [-0.4, -0.2) is 34.1 Å². The fourth-order valence-electron chi connectivity index (χ4n) is 0.640. The number of hydrogen-bond acceptors (Lipinski definition) is 3. The van der Waals surface area contributed by atoms with Gasteiger partial charge in [0.25, 0.3) is 0 Å². The Morgan fingerprint density at radius 3 is 2.36 bits per heavy atom. The molecule has 0 spiro atoms. The van der Waals surface area contributed by atoms with Crippen LogP contribution in [-0.2, 0) is 0 Å². The second-order valence-electron chi connectivity index (χ2n) is 2.22. The first-order valence-electron chi connectivity index (χ1n) is 3.47. The molecule has 64 valence electrons. The Hall–Kier alpha value is -0.640. The van der Waals surface area contributed by atoms with Crippen LogP contribution in [0.15, 0.2) is 24.8 Å². The quantitative estimate of drug-likeness (QED) is 0.487. The molecule has 0 aromatic rings. The van der Waals surface area contributed by atoms with Crippen molar-refractivity contribution in [2.45, 2.75) is 18.6 Å². The summed E-state index contributed by atoms with van der Waals surface area (Å²) >= 11 is 0. The highest BCUT2D eigenvalue weighted by Gasteiger charge is 2.04. The third kappa shape index (κ3) is 5.79. The van der Waals surface area contributed by atoms with E-state index < -0.39 is 12.2 Å². The van der Waals surface area contributed by atoms with Crippen molar-refractivity contribution < 1.29 is 15.3 Å². The molecule has 0 aliphatic rings. The van der Waals surface area contributed by atoms with Gasteiger partial charge in [0.05, 0.1) is 18.8 Å². The third-order valence-corrected chi connectivity index (χ3v) is 1.22. The van der Waals surface area contributed by atoms with Crippen LogP contribution < -0.4 is 0 Å². The fraction of sp³-hybridized carbons (Fsp3) is 0.500. The predicted molar refractivity (Wildman–Crippen MR) is 43.1 cm³/mol. The van der Waals surface area contributed by atoms with Crippen molar-refractivity contribution in [3.63, 3.8) is 0 Å². The molecule has 0 aliphatic carbocycles. The van der Waals surface area contributed by atoms with Gasteiger partial charge in [-0.3, -0.25) is 0 Å². The Labute approximate surface area is 66.3 Å². The first-order chi connectivity index (χ1) is 5.20. The lowest BCUT2D eigenvalue weighted by atomic mass is 10.1. The molecule has 3 N–H and O–H groups in total. The van der Waals surface area contributed by atoms with Gasteiger partial charge in [-0.15, -0.1) is 6.58 Å². The van der Waals surface area contributed by atoms with Crippen LogP contribution >= 0.6 is 0 Å². The summed E-state index contributed by atoms with van der Waals surface area (Å²) in [5.41, 5.74) is 0. The molecule has 0 aromatic carbocycles. The topological polar surface area (TPSA) is 60.7 Å². The van der Waals surface area contributed by atoms with Crippen LogP contribution in [0.4, 0.5) is 0 Å². The van der Waals surface area contributed by atoms with Crippen molar-refractivity contribution in [2.24, 2.45) is 0 Å². The van der Waals surface area contributed by atoms with Gasteiger partial charge >= 0.3 is 0 Å². The Morgan fingerprint density at radius 2 is 1.91 bits per heavy atom. The summed E-state index contributed by atoms with van der Waals surface area (Å²) in [4.78, 5) is 0. The molecule has 0 saturated carbocycles.